The average Bonchev–Trinajstić information content (AvgIpc) is 2.46. The van der Waals surface area contributed by atoms with E-state index in [1.54, 1.807) is 0 Å². The second kappa shape index (κ2) is 6.39. The summed E-state index contributed by atoms with van der Waals surface area (Å²) in [6.07, 6.45) is 2.50. The normalized spacial score (nSPS) is 14.1. The van der Waals surface area contributed by atoms with Crippen molar-refractivity contribution in [1.82, 2.24) is 0 Å². The molecule has 0 radical (unpaired) electrons. The van der Waals surface area contributed by atoms with Crippen LogP contribution in [0.4, 0.5) is 0 Å². The van der Waals surface area contributed by atoms with E-state index in [0.29, 0.717) is 11.8 Å². The highest BCUT2D eigenvalue weighted by molar-refractivity contribution is 5.20. The SMILES string of the molecule is C[C@H](CC[C@H](C)c1ccccc1)c1ccccc1. The fraction of sp³-hybridized carbons (Fsp3) is 0.333. The van der Waals surface area contributed by atoms with Gasteiger partial charge in [-0.3, -0.25) is 0 Å². The number of hydrogen-bond acceptors (Lipinski definition) is 0. The van der Waals surface area contributed by atoms with E-state index in [4.69, 9.17) is 0 Å². The van der Waals surface area contributed by atoms with Gasteiger partial charge in [-0.1, -0.05) is 74.5 Å². The highest BCUT2D eigenvalue weighted by Gasteiger charge is 2.09. The van der Waals surface area contributed by atoms with E-state index in [9.17, 15) is 0 Å². The molecule has 0 saturated carbocycles. The Labute approximate surface area is 111 Å². The van der Waals surface area contributed by atoms with Gasteiger partial charge < -0.3 is 0 Å². The number of benzene rings is 2. The molecule has 2 aromatic carbocycles. The first-order valence-electron chi connectivity index (χ1n) is 6.87. The van der Waals surface area contributed by atoms with E-state index in [-0.39, 0.29) is 0 Å². The summed E-state index contributed by atoms with van der Waals surface area (Å²) in [6.45, 7) is 4.65. The van der Waals surface area contributed by atoms with E-state index in [1.165, 1.54) is 24.0 Å². The quantitative estimate of drug-likeness (QED) is 0.656. The zero-order valence-corrected chi connectivity index (χ0v) is 11.3. The van der Waals surface area contributed by atoms with E-state index in [1.807, 2.05) is 0 Å². The Morgan fingerprint density at radius 3 is 1.28 bits per heavy atom. The smallest absolute Gasteiger partial charge is 0.0190 e. The third kappa shape index (κ3) is 3.46. The van der Waals surface area contributed by atoms with Crippen molar-refractivity contribution < 1.29 is 0 Å². The molecule has 0 aliphatic heterocycles. The van der Waals surface area contributed by atoms with Crippen molar-refractivity contribution in [2.24, 2.45) is 0 Å². The Bertz CT molecular complexity index is 398. The van der Waals surface area contributed by atoms with Crippen LogP contribution >= 0.6 is 0 Å². The number of hydrogen-bond donors (Lipinski definition) is 0. The minimum absolute atomic E-state index is 0.650. The largest absolute Gasteiger partial charge is 0.0622 e. The summed E-state index contributed by atoms with van der Waals surface area (Å²) in [5.74, 6) is 1.30. The van der Waals surface area contributed by atoms with Crippen LogP contribution in [0.5, 0.6) is 0 Å². The van der Waals surface area contributed by atoms with Gasteiger partial charge >= 0.3 is 0 Å². The molecule has 0 heterocycles. The van der Waals surface area contributed by atoms with Crippen LogP contribution in [0.1, 0.15) is 49.7 Å². The van der Waals surface area contributed by atoms with Gasteiger partial charge in [-0.25, -0.2) is 0 Å². The first-order chi connectivity index (χ1) is 8.77. The molecule has 0 unspecified atom stereocenters. The van der Waals surface area contributed by atoms with Gasteiger partial charge in [0.2, 0.25) is 0 Å². The van der Waals surface area contributed by atoms with Crippen LogP contribution in [-0.4, -0.2) is 0 Å². The molecule has 0 heteroatoms. The molecule has 0 aliphatic rings. The lowest BCUT2D eigenvalue weighted by molar-refractivity contribution is 0.574. The van der Waals surface area contributed by atoms with Gasteiger partial charge in [0.1, 0.15) is 0 Å². The molecule has 0 amide bonds. The molecule has 2 rings (SSSR count). The summed E-state index contributed by atoms with van der Waals surface area (Å²) in [7, 11) is 0. The summed E-state index contributed by atoms with van der Waals surface area (Å²) in [4.78, 5) is 0. The zero-order valence-electron chi connectivity index (χ0n) is 11.3. The molecule has 0 fully saturated rings. The molecule has 0 spiro atoms. The molecule has 0 nitrogen and oxygen atoms in total. The molecule has 94 valence electrons. The first kappa shape index (κ1) is 12.9. The molecule has 2 atom stereocenters. The van der Waals surface area contributed by atoms with E-state index in [2.05, 4.69) is 74.5 Å². The van der Waals surface area contributed by atoms with Gasteiger partial charge in [0.05, 0.1) is 0 Å². The Hall–Kier alpha value is -1.56. The van der Waals surface area contributed by atoms with E-state index < -0.39 is 0 Å². The lowest BCUT2D eigenvalue weighted by Crippen LogP contribution is -1.98. The van der Waals surface area contributed by atoms with Crippen molar-refractivity contribution in [1.29, 1.82) is 0 Å². The number of rotatable bonds is 5. The molecular weight excluding hydrogens is 216 g/mol. The van der Waals surface area contributed by atoms with Crippen LogP contribution in [0, 0.1) is 0 Å². The van der Waals surface area contributed by atoms with Crippen LogP contribution in [-0.2, 0) is 0 Å². The topological polar surface area (TPSA) is 0 Å². The summed E-state index contributed by atoms with van der Waals surface area (Å²) in [5, 5.41) is 0. The van der Waals surface area contributed by atoms with Crippen LogP contribution in [0.25, 0.3) is 0 Å². The monoisotopic (exact) mass is 238 g/mol. The second-order valence-electron chi connectivity index (χ2n) is 5.20. The van der Waals surface area contributed by atoms with Gasteiger partial charge in [-0.2, -0.15) is 0 Å². The third-order valence-electron chi connectivity index (χ3n) is 3.77. The van der Waals surface area contributed by atoms with Crippen molar-refractivity contribution in [3.05, 3.63) is 71.8 Å². The maximum atomic E-state index is 2.33. The van der Waals surface area contributed by atoms with Crippen LogP contribution in [0.2, 0.25) is 0 Å². The van der Waals surface area contributed by atoms with Crippen molar-refractivity contribution in [2.75, 3.05) is 0 Å². The minimum atomic E-state index is 0.650. The molecule has 0 saturated heterocycles. The summed E-state index contributed by atoms with van der Waals surface area (Å²) >= 11 is 0. The van der Waals surface area contributed by atoms with Gasteiger partial charge in [-0.05, 0) is 35.8 Å². The van der Waals surface area contributed by atoms with Crippen molar-refractivity contribution in [3.63, 3.8) is 0 Å². The molecule has 0 aromatic heterocycles. The molecule has 2 aromatic rings. The zero-order chi connectivity index (χ0) is 12.8. The minimum Gasteiger partial charge on any atom is -0.0622 e. The fourth-order valence-corrected chi connectivity index (χ4v) is 2.40. The Kier molecular flexibility index (Phi) is 4.58. The molecule has 0 bridgehead atoms. The second-order valence-corrected chi connectivity index (χ2v) is 5.20. The first-order valence-corrected chi connectivity index (χ1v) is 6.87. The van der Waals surface area contributed by atoms with Gasteiger partial charge in [0.25, 0.3) is 0 Å². The van der Waals surface area contributed by atoms with Gasteiger partial charge in [0, 0.05) is 0 Å². The average molecular weight is 238 g/mol. The standard InChI is InChI=1S/C18H22/c1-15(17-9-5-3-6-10-17)13-14-16(2)18-11-7-4-8-12-18/h3-12,15-16H,13-14H2,1-2H3/t15-,16+. The molecule has 0 aliphatic carbocycles. The lowest BCUT2D eigenvalue weighted by Gasteiger charge is -2.16. The van der Waals surface area contributed by atoms with Crippen LogP contribution in [0.3, 0.4) is 0 Å². The highest BCUT2D eigenvalue weighted by atomic mass is 14.1. The van der Waals surface area contributed by atoms with Crippen molar-refractivity contribution >= 4 is 0 Å². The fourth-order valence-electron chi connectivity index (χ4n) is 2.40. The lowest BCUT2D eigenvalue weighted by atomic mass is 9.89. The van der Waals surface area contributed by atoms with Crippen LogP contribution in [0.15, 0.2) is 60.7 Å². The molecule has 18 heavy (non-hydrogen) atoms. The Balaban J connectivity index is 1.89. The van der Waals surface area contributed by atoms with E-state index >= 15 is 0 Å². The summed E-state index contributed by atoms with van der Waals surface area (Å²) in [6, 6.07) is 21.6. The Morgan fingerprint density at radius 2 is 0.944 bits per heavy atom. The van der Waals surface area contributed by atoms with Crippen molar-refractivity contribution in [2.45, 2.75) is 38.5 Å². The molecular formula is C18H22. The highest BCUT2D eigenvalue weighted by Crippen LogP contribution is 2.27. The summed E-state index contributed by atoms with van der Waals surface area (Å²) < 4.78 is 0. The van der Waals surface area contributed by atoms with Crippen LogP contribution < -0.4 is 0 Å². The van der Waals surface area contributed by atoms with Crippen molar-refractivity contribution in [3.8, 4) is 0 Å². The van der Waals surface area contributed by atoms with E-state index in [0.717, 1.165) is 0 Å². The Morgan fingerprint density at radius 1 is 0.611 bits per heavy atom. The predicted molar refractivity (Wildman–Crippen MR) is 78.9 cm³/mol. The third-order valence-corrected chi connectivity index (χ3v) is 3.77. The molecule has 0 N–H and O–H groups in total. The maximum absolute atomic E-state index is 2.33. The van der Waals surface area contributed by atoms with Gasteiger partial charge in [0.15, 0.2) is 0 Å². The maximum Gasteiger partial charge on any atom is -0.0190 e. The van der Waals surface area contributed by atoms with Gasteiger partial charge in [-0.15, -0.1) is 0 Å². The predicted octanol–water partition coefficient (Wildman–Crippen LogP) is 5.37. The summed E-state index contributed by atoms with van der Waals surface area (Å²) in [5.41, 5.74) is 2.91.